The van der Waals surface area contributed by atoms with Gasteiger partial charge in [0.05, 0.1) is 12.2 Å². The number of hydrogen-bond donors (Lipinski definition) is 2. The third-order valence-corrected chi connectivity index (χ3v) is 4.82. The number of benzene rings is 1. The number of rotatable bonds is 7. The van der Waals surface area contributed by atoms with Crippen molar-refractivity contribution in [2.45, 2.75) is 25.4 Å². The van der Waals surface area contributed by atoms with Crippen molar-refractivity contribution >= 4 is 29.9 Å². The molecule has 3 rings (SSSR count). The van der Waals surface area contributed by atoms with Crippen molar-refractivity contribution in [2.75, 3.05) is 33.3 Å². The van der Waals surface area contributed by atoms with Crippen LogP contribution in [0.5, 0.6) is 5.75 Å². The molecule has 0 atom stereocenters. The van der Waals surface area contributed by atoms with E-state index in [1.54, 1.807) is 7.05 Å². The molecule has 0 bridgehead atoms. The van der Waals surface area contributed by atoms with Gasteiger partial charge in [0, 0.05) is 45.0 Å². The van der Waals surface area contributed by atoms with E-state index in [2.05, 4.69) is 31.6 Å². The summed E-state index contributed by atoms with van der Waals surface area (Å²) in [5, 5.41) is 6.62. The van der Waals surface area contributed by atoms with Crippen LogP contribution in [0, 0.1) is 11.6 Å². The normalized spacial score (nSPS) is 15.4. The van der Waals surface area contributed by atoms with E-state index < -0.39 is 11.6 Å². The zero-order chi connectivity index (χ0) is 20.5. The topological polar surface area (TPSA) is 61.8 Å². The summed E-state index contributed by atoms with van der Waals surface area (Å²) in [7, 11) is 1.72. The van der Waals surface area contributed by atoms with Crippen molar-refractivity contribution in [3.8, 4) is 5.75 Å². The van der Waals surface area contributed by atoms with Gasteiger partial charge in [-0.1, -0.05) is 6.07 Å². The lowest BCUT2D eigenvalue weighted by Gasteiger charge is -2.32. The molecule has 30 heavy (non-hydrogen) atoms. The lowest BCUT2D eigenvalue weighted by Crippen LogP contribution is -2.49. The zero-order valence-electron chi connectivity index (χ0n) is 17.0. The van der Waals surface area contributed by atoms with Crippen LogP contribution in [0.2, 0.25) is 0 Å². The number of piperidine rings is 1. The molecule has 1 aliphatic rings. The quantitative estimate of drug-likeness (QED) is 0.249. The predicted molar refractivity (Wildman–Crippen MR) is 124 cm³/mol. The van der Waals surface area contributed by atoms with Crippen LogP contribution in [0.15, 0.2) is 47.6 Å². The Balaban J connectivity index is 0.00000320. The van der Waals surface area contributed by atoms with Crippen molar-refractivity contribution in [3.05, 3.63) is 59.9 Å². The number of ether oxygens (including phenoxy) is 1. The second-order valence-corrected chi connectivity index (χ2v) is 6.94. The number of likely N-dealkylation sites (tertiary alicyclic amines) is 1. The van der Waals surface area contributed by atoms with Gasteiger partial charge in [0.15, 0.2) is 17.6 Å². The average molecular weight is 531 g/mol. The van der Waals surface area contributed by atoms with Gasteiger partial charge < -0.3 is 15.4 Å². The molecule has 0 aliphatic carbocycles. The van der Waals surface area contributed by atoms with E-state index in [1.165, 1.54) is 6.07 Å². The van der Waals surface area contributed by atoms with E-state index in [0.717, 1.165) is 50.3 Å². The van der Waals surface area contributed by atoms with Crippen molar-refractivity contribution in [1.29, 1.82) is 0 Å². The van der Waals surface area contributed by atoms with E-state index in [1.807, 2.05) is 18.3 Å². The van der Waals surface area contributed by atoms with Crippen LogP contribution in [0.3, 0.4) is 0 Å². The maximum absolute atomic E-state index is 13.2. The molecule has 2 N–H and O–H groups in total. The van der Waals surface area contributed by atoms with Crippen molar-refractivity contribution in [1.82, 2.24) is 20.5 Å². The number of hydrogen-bond acceptors (Lipinski definition) is 4. The standard InChI is InChI=1S/C21H27F2N5O.HI/c1-24-21(26-10-13-29-18-5-6-19(22)20(23)14-18)27-16-7-11-28(12-8-16)15-17-4-2-3-9-25-17;/h2-6,9,14,16H,7-8,10-13,15H2,1H3,(H2,24,26,27);1H. The monoisotopic (exact) mass is 531 g/mol. The maximum atomic E-state index is 13.2. The van der Waals surface area contributed by atoms with Gasteiger partial charge in [-0.2, -0.15) is 0 Å². The van der Waals surface area contributed by atoms with E-state index >= 15 is 0 Å². The Morgan fingerprint density at radius 3 is 2.67 bits per heavy atom. The Bertz CT molecular complexity index is 801. The Morgan fingerprint density at radius 2 is 2.00 bits per heavy atom. The highest BCUT2D eigenvalue weighted by Crippen LogP contribution is 2.15. The number of nitrogens with one attached hydrogen (secondary N) is 2. The van der Waals surface area contributed by atoms with Crippen molar-refractivity contribution in [3.63, 3.8) is 0 Å². The molecule has 1 aromatic carbocycles. The molecule has 1 aromatic heterocycles. The number of nitrogens with zero attached hydrogens (tertiary/aromatic N) is 3. The summed E-state index contributed by atoms with van der Waals surface area (Å²) in [6, 6.07) is 9.86. The number of pyridine rings is 1. The van der Waals surface area contributed by atoms with Crippen LogP contribution in [0.4, 0.5) is 8.78 Å². The fourth-order valence-corrected chi connectivity index (χ4v) is 3.25. The van der Waals surface area contributed by atoms with Gasteiger partial charge in [0.2, 0.25) is 0 Å². The van der Waals surface area contributed by atoms with Crippen LogP contribution < -0.4 is 15.4 Å². The number of aromatic nitrogens is 1. The fourth-order valence-electron chi connectivity index (χ4n) is 3.25. The van der Waals surface area contributed by atoms with Gasteiger partial charge in [0.1, 0.15) is 12.4 Å². The van der Waals surface area contributed by atoms with Crippen LogP contribution in [-0.4, -0.2) is 55.2 Å². The third kappa shape index (κ3) is 7.67. The molecule has 9 heteroatoms. The zero-order valence-corrected chi connectivity index (χ0v) is 19.3. The Hall–Kier alpha value is -2.01. The van der Waals surface area contributed by atoms with Crippen LogP contribution >= 0.6 is 24.0 Å². The second-order valence-electron chi connectivity index (χ2n) is 6.94. The van der Waals surface area contributed by atoms with Gasteiger partial charge in [0.25, 0.3) is 0 Å². The number of halogens is 3. The SMILES string of the molecule is CN=C(NCCOc1ccc(F)c(F)c1)NC1CCN(Cc2ccccn2)CC1.I. The first-order chi connectivity index (χ1) is 14.1. The summed E-state index contributed by atoms with van der Waals surface area (Å²) in [6.45, 7) is 3.70. The molecule has 0 unspecified atom stereocenters. The molecule has 1 fully saturated rings. The van der Waals surface area contributed by atoms with Gasteiger partial charge in [-0.25, -0.2) is 8.78 Å². The summed E-state index contributed by atoms with van der Waals surface area (Å²) >= 11 is 0. The molecule has 0 spiro atoms. The summed E-state index contributed by atoms with van der Waals surface area (Å²) < 4.78 is 31.5. The molecule has 6 nitrogen and oxygen atoms in total. The summed E-state index contributed by atoms with van der Waals surface area (Å²) in [5.41, 5.74) is 1.09. The van der Waals surface area contributed by atoms with Gasteiger partial charge in [-0.3, -0.25) is 14.9 Å². The van der Waals surface area contributed by atoms with E-state index in [0.29, 0.717) is 30.9 Å². The molecule has 0 amide bonds. The van der Waals surface area contributed by atoms with E-state index in [4.69, 9.17) is 4.74 Å². The highest BCUT2D eigenvalue weighted by molar-refractivity contribution is 14.0. The lowest BCUT2D eigenvalue weighted by atomic mass is 10.1. The van der Waals surface area contributed by atoms with E-state index in [-0.39, 0.29) is 24.0 Å². The smallest absolute Gasteiger partial charge is 0.191 e. The van der Waals surface area contributed by atoms with Crippen LogP contribution in [0.25, 0.3) is 0 Å². The first-order valence-electron chi connectivity index (χ1n) is 9.81. The molecule has 2 aromatic rings. The Labute approximate surface area is 193 Å². The third-order valence-electron chi connectivity index (χ3n) is 4.82. The number of guanidine groups is 1. The molecule has 0 saturated carbocycles. The minimum Gasteiger partial charge on any atom is -0.492 e. The summed E-state index contributed by atoms with van der Waals surface area (Å²) in [6.07, 6.45) is 3.88. The largest absolute Gasteiger partial charge is 0.492 e. The molecule has 1 aliphatic heterocycles. The highest BCUT2D eigenvalue weighted by Gasteiger charge is 2.20. The molecular weight excluding hydrogens is 503 g/mol. The predicted octanol–water partition coefficient (Wildman–Crippen LogP) is 3.19. The first-order valence-corrected chi connectivity index (χ1v) is 9.81. The Kier molecular flexibility index (Phi) is 10.2. The second kappa shape index (κ2) is 12.6. The van der Waals surface area contributed by atoms with E-state index in [9.17, 15) is 8.78 Å². The number of aliphatic imine (C=N–C) groups is 1. The van der Waals surface area contributed by atoms with Crippen molar-refractivity contribution < 1.29 is 13.5 Å². The summed E-state index contributed by atoms with van der Waals surface area (Å²) in [5.74, 6) is -0.788. The minimum atomic E-state index is -0.915. The molecule has 164 valence electrons. The van der Waals surface area contributed by atoms with Crippen LogP contribution in [-0.2, 0) is 6.54 Å². The maximum Gasteiger partial charge on any atom is 0.191 e. The summed E-state index contributed by atoms with van der Waals surface area (Å²) in [4.78, 5) is 11.0. The minimum absolute atomic E-state index is 0. The van der Waals surface area contributed by atoms with Gasteiger partial charge in [-0.15, -0.1) is 24.0 Å². The van der Waals surface area contributed by atoms with Crippen LogP contribution in [0.1, 0.15) is 18.5 Å². The lowest BCUT2D eigenvalue weighted by molar-refractivity contribution is 0.196. The molecular formula is C21H28F2IN5O. The molecule has 1 saturated heterocycles. The highest BCUT2D eigenvalue weighted by atomic mass is 127. The molecule has 0 radical (unpaired) electrons. The van der Waals surface area contributed by atoms with Crippen molar-refractivity contribution in [2.24, 2.45) is 4.99 Å². The first kappa shape index (κ1) is 24.3. The van der Waals surface area contributed by atoms with Gasteiger partial charge in [-0.05, 0) is 37.1 Å². The molecule has 2 heterocycles. The van der Waals surface area contributed by atoms with Gasteiger partial charge >= 0.3 is 0 Å². The fraction of sp³-hybridized carbons (Fsp3) is 0.429. The Morgan fingerprint density at radius 1 is 1.20 bits per heavy atom. The average Bonchev–Trinajstić information content (AvgIpc) is 2.75.